The standard InChI is InChI=1S/C12H12O3/c1-8(12(14)15)7-10-3-5-11(6-4-10)9(2)13/h3-7H,1-2H3,(H,14,15). The van der Waals surface area contributed by atoms with E-state index in [1.54, 1.807) is 30.3 Å². The van der Waals surface area contributed by atoms with E-state index in [1.807, 2.05) is 0 Å². The van der Waals surface area contributed by atoms with Crippen molar-refractivity contribution in [2.75, 3.05) is 0 Å². The largest absolute Gasteiger partial charge is 0.478 e. The fourth-order valence-electron chi connectivity index (χ4n) is 1.13. The van der Waals surface area contributed by atoms with E-state index in [-0.39, 0.29) is 11.4 Å². The first kappa shape index (κ1) is 11.2. The second kappa shape index (κ2) is 4.55. The number of carboxylic acid groups (broad SMARTS) is 1. The van der Waals surface area contributed by atoms with E-state index in [2.05, 4.69) is 0 Å². The van der Waals surface area contributed by atoms with Crippen LogP contribution in [0.5, 0.6) is 0 Å². The zero-order chi connectivity index (χ0) is 11.4. The van der Waals surface area contributed by atoms with Crippen molar-refractivity contribution in [3.8, 4) is 0 Å². The third-order valence-corrected chi connectivity index (χ3v) is 2.04. The molecule has 1 N–H and O–H groups in total. The van der Waals surface area contributed by atoms with Crippen molar-refractivity contribution in [3.63, 3.8) is 0 Å². The maximum atomic E-state index is 11.0. The molecule has 1 aromatic rings. The van der Waals surface area contributed by atoms with Crippen LogP contribution in [-0.4, -0.2) is 16.9 Å². The van der Waals surface area contributed by atoms with Crippen LogP contribution in [0.1, 0.15) is 29.8 Å². The number of carbonyl (C=O) groups excluding carboxylic acids is 1. The van der Waals surface area contributed by atoms with Gasteiger partial charge in [-0.2, -0.15) is 0 Å². The molecule has 0 saturated carbocycles. The monoisotopic (exact) mass is 204 g/mol. The van der Waals surface area contributed by atoms with Crippen molar-refractivity contribution in [1.29, 1.82) is 0 Å². The Morgan fingerprint density at radius 1 is 1.13 bits per heavy atom. The second-order valence-electron chi connectivity index (χ2n) is 3.31. The third kappa shape index (κ3) is 3.06. The lowest BCUT2D eigenvalue weighted by atomic mass is 10.1. The van der Waals surface area contributed by atoms with Gasteiger partial charge in [0.1, 0.15) is 0 Å². The number of hydrogen-bond acceptors (Lipinski definition) is 2. The van der Waals surface area contributed by atoms with Crippen LogP contribution in [0.3, 0.4) is 0 Å². The van der Waals surface area contributed by atoms with Gasteiger partial charge in [-0.05, 0) is 25.5 Å². The molecule has 0 fully saturated rings. The van der Waals surface area contributed by atoms with Crippen LogP contribution >= 0.6 is 0 Å². The van der Waals surface area contributed by atoms with Gasteiger partial charge in [-0.15, -0.1) is 0 Å². The molecule has 0 saturated heterocycles. The number of hydrogen-bond donors (Lipinski definition) is 1. The average molecular weight is 204 g/mol. The summed E-state index contributed by atoms with van der Waals surface area (Å²) in [7, 11) is 0. The van der Waals surface area contributed by atoms with Crippen LogP contribution in [0, 0.1) is 0 Å². The highest BCUT2D eigenvalue weighted by atomic mass is 16.4. The fourth-order valence-corrected chi connectivity index (χ4v) is 1.13. The molecule has 0 aliphatic carbocycles. The van der Waals surface area contributed by atoms with Gasteiger partial charge in [0.25, 0.3) is 0 Å². The lowest BCUT2D eigenvalue weighted by Crippen LogP contribution is -1.95. The minimum Gasteiger partial charge on any atom is -0.478 e. The summed E-state index contributed by atoms with van der Waals surface area (Å²) in [6.07, 6.45) is 1.56. The maximum Gasteiger partial charge on any atom is 0.331 e. The Morgan fingerprint density at radius 2 is 1.67 bits per heavy atom. The van der Waals surface area contributed by atoms with Crippen LogP contribution in [-0.2, 0) is 4.79 Å². The number of carboxylic acids is 1. The van der Waals surface area contributed by atoms with Gasteiger partial charge in [0, 0.05) is 11.1 Å². The highest BCUT2D eigenvalue weighted by Crippen LogP contribution is 2.09. The molecule has 0 amide bonds. The molecular formula is C12H12O3. The van der Waals surface area contributed by atoms with Crippen LogP contribution in [0.15, 0.2) is 29.8 Å². The van der Waals surface area contributed by atoms with E-state index in [1.165, 1.54) is 13.8 Å². The fraction of sp³-hybridized carbons (Fsp3) is 0.167. The second-order valence-corrected chi connectivity index (χ2v) is 3.31. The molecule has 0 radical (unpaired) electrons. The summed E-state index contributed by atoms with van der Waals surface area (Å²) in [4.78, 5) is 21.5. The summed E-state index contributed by atoms with van der Waals surface area (Å²) in [5.41, 5.74) is 1.67. The summed E-state index contributed by atoms with van der Waals surface area (Å²) in [5.74, 6) is -0.939. The van der Waals surface area contributed by atoms with Gasteiger partial charge < -0.3 is 5.11 Å². The average Bonchev–Trinajstić information content (AvgIpc) is 2.18. The number of rotatable bonds is 3. The molecule has 78 valence electrons. The van der Waals surface area contributed by atoms with Gasteiger partial charge in [0.15, 0.2) is 5.78 Å². The quantitative estimate of drug-likeness (QED) is 0.607. The number of Topliss-reactive ketones (excluding diaryl/α,β-unsaturated/α-hetero) is 1. The normalized spacial score (nSPS) is 11.2. The minimum atomic E-state index is -0.939. The zero-order valence-electron chi connectivity index (χ0n) is 8.65. The Kier molecular flexibility index (Phi) is 3.39. The van der Waals surface area contributed by atoms with Gasteiger partial charge in [-0.25, -0.2) is 4.79 Å². The van der Waals surface area contributed by atoms with Gasteiger partial charge in [-0.3, -0.25) is 4.79 Å². The van der Waals surface area contributed by atoms with Gasteiger partial charge in [0.2, 0.25) is 0 Å². The van der Waals surface area contributed by atoms with Crippen molar-refractivity contribution in [1.82, 2.24) is 0 Å². The van der Waals surface area contributed by atoms with Crippen LogP contribution in [0.2, 0.25) is 0 Å². The van der Waals surface area contributed by atoms with Gasteiger partial charge >= 0.3 is 5.97 Å². The SMILES string of the molecule is CC(=O)c1ccc(C=C(C)C(=O)O)cc1. The van der Waals surface area contributed by atoms with Crippen molar-refractivity contribution in [2.45, 2.75) is 13.8 Å². The number of ketones is 1. The van der Waals surface area contributed by atoms with Crippen molar-refractivity contribution < 1.29 is 14.7 Å². The smallest absolute Gasteiger partial charge is 0.331 e. The molecular weight excluding hydrogens is 192 g/mol. The topological polar surface area (TPSA) is 54.4 Å². The predicted molar refractivity (Wildman–Crippen MR) is 57.7 cm³/mol. The highest BCUT2D eigenvalue weighted by Gasteiger charge is 2.01. The molecule has 0 heterocycles. The first-order valence-corrected chi connectivity index (χ1v) is 4.53. The summed E-state index contributed by atoms with van der Waals surface area (Å²) >= 11 is 0. The predicted octanol–water partition coefficient (Wildman–Crippen LogP) is 2.38. The number of aliphatic carboxylic acids is 1. The van der Waals surface area contributed by atoms with Crippen LogP contribution in [0.25, 0.3) is 6.08 Å². The van der Waals surface area contributed by atoms with E-state index in [0.29, 0.717) is 5.56 Å². The summed E-state index contributed by atoms with van der Waals surface area (Å²) in [6.45, 7) is 3.02. The molecule has 0 unspecified atom stereocenters. The molecule has 0 aromatic heterocycles. The molecule has 0 atom stereocenters. The van der Waals surface area contributed by atoms with Gasteiger partial charge in [-0.1, -0.05) is 24.3 Å². The summed E-state index contributed by atoms with van der Waals surface area (Å²) < 4.78 is 0. The first-order chi connectivity index (χ1) is 7.00. The van der Waals surface area contributed by atoms with Crippen molar-refractivity contribution in [2.24, 2.45) is 0 Å². The summed E-state index contributed by atoms with van der Waals surface area (Å²) in [5, 5.41) is 8.66. The van der Waals surface area contributed by atoms with E-state index >= 15 is 0 Å². The van der Waals surface area contributed by atoms with Crippen LogP contribution < -0.4 is 0 Å². The molecule has 3 heteroatoms. The minimum absolute atomic E-state index is 0.000450. The van der Waals surface area contributed by atoms with Crippen molar-refractivity contribution in [3.05, 3.63) is 41.0 Å². The molecule has 0 aliphatic rings. The number of carbonyl (C=O) groups is 2. The number of benzene rings is 1. The lowest BCUT2D eigenvalue weighted by Gasteiger charge is -1.98. The Morgan fingerprint density at radius 3 is 2.07 bits per heavy atom. The lowest BCUT2D eigenvalue weighted by molar-refractivity contribution is -0.132. The zero-order valence-corrected chi connectivity index (χ0v) is 8.65. The van der Waals surface area contributed by atoms with Gasteiger partial charge in [0.05, 0.1) is 0 Å². The molecule has 1 rings (SSSR count). The van der Waals surface area contributed by atoms with E-state index in [9.17, 15) is 9.59 Å². The third-order valence-electron chi connectivity index (χ3n) is 2.04. The molecule has 3 nitrogen and oxygen atoms in total. The van der Waals surface area contributed by atoms with Crippen LogP contribution in [0.4, 0.5) is 0 Å². The Hall–Kier alpha value is -1.90. The highest BCUT2D eigenvalue weighted by molar-refractivity contribution is 5.94. The van der Waals surface area contributed by atoms with Crippen molar-refractivity contribution >= 4 is 17.8 Å². The van der Waals surface area contributed by atoms with E-state index < -0.39 is 5.97 Å². The Bertz CT molecular complexity index is 413. The maximum absolute atomic E-state index is 11.0. The van der Waals surface area contributed by atoms with E-state index in [0.717, 1.165) is 5.56 Å². The van der Waals surface area contributed by atoms with E-state index in [4.69, 9.17) is 5.11 Å². The first-order valence-electron chi connectivity index (χ1n) is 4.53. The molecule has 0 bridgehead atoms. The molecule has 0 aliphatic heterocycles. The molecule has 15 heavy (non-hydrogen) atoms. The summed E-state index contributed by atoms with van der Waals surface area (Å²) in [6, 6.07) is 6.82. The molecule has 0 spiro atoms. The Labute approximate surface area is 88.0 Å². The molecule has 1 aromatic carbocycles. The Balaban J connectivity index is 2.95.